The minimum Gasteiger partial charge on any atom is -0.459 e. The van der Waals surface area contributed by atoms with Gasteiger partial charge in [-0.15, -0.1) is 0 Å². The molecule has 1 saturated heterocycles. The van der Waals surface area contributed by atoms with Gasteiger partial charge in [-0.05, 0) is 26.3 Å². The summed E-state index contributed by atoms with van der Waals surface area (Å²) in [5.74, 6) is -0.296. The molecule has 0 aliphatic carbocycles. The lowest BCUT2D eigenvalue weighted by molar-refractivity contribution is -0.384. The van der Waals surface area contributed by atoms with Crippen molar-refractivity contribution in [3.63, 3.8) is 0 Å². The van der Waals surface area contributed by atoms with E-state index >= 15 is 0 Å². The van der Waals surface area contributed by atoms with Gasteiger partial charge in [0.1, 0.15) is 11.6 Å². The Bertz CT molecular complexity index is 504. The van der Waals surface area contributed by atoms with E-state index in [4.69, 9.17) is 4.74 Å². The molecule has 1 aliphatic heterocycles. The van der Waals surface area contributed by atoms with Crippen LogP contribution in [-0.4, -0.2) is 22.5 Å². The van der Waals surface area contributed by atoms with Crippen LogP contribution in [-0.2, 0) is 9.53 Å². The van der Waals surface area contributed by atoms with Crippen molar-refractivity contribution in [3.05, 3.63) is 39.9 Å². The number of rotatable bonds is 3. The van der Waals surface area contributed by atoms with Crippen molar-refractivity contribution in [2.75, 3.05) is 0 Å². The Balaban J connectivity index is 1.99. The number of hydrogen-bond donors (Lipinski definition) is 1. The van der Waals surface area contributed by atoms with Crippen molar-refractivity contribution in [3.8, 4) is 0 Å². The molecule has 6 heteroatoms. The molecule has 1 aliphatic rings. The number of carbonyl (C=O) groups excluding carboxylic acids is 1. The van der Waals surface area contributed by atoms with Crippen LogP contribution in [0.25, 0.3) is 0 Å². The van der Waals surface area contributed by atoms with Crippen molar-refractivity contribution in [2.24, 2.45) is 0 Å². The molecule has 1 aromatic rings. The number of nitro groups is 1. The molecular formula is C13H16N2O4. The Morgan fingerprint density at radius 3 is 2.37 bits per heavy atom. The molecule has 0 radical (unpaired) electrons. The highest BCUT2D eigenvalue weighted by Crippen LogP contribution is 2.32. The number of benzene rings is 1. The highest BCUT2D eigenvalue weighted by molar-refractivity contribution is 5.81. The van der Waals surface area contributed by atoms with Crippen LogP contribution in [0.2, 0.25) is 0 Å². The van der Waals surface area contributed by atoms with E-state index in [-0.39, 0.29) is 23.7 Å². The number of non-ortho nitro benzene ring substituents is 1. The molecule has 0 unspecified atom stereocenters. The quantitative estimate of drug-likeness (QED) is 0.390. The number of carbonyl (C=O) groups is 1. The fraction of sp³-hybridized carbons (Fsp3) is 0.462. The standard InChI is InChI=1S/C13H16N2O4/c1-13(2,3)19-12(16)11-10(14-11)8-4-6-9(7-5-8)15(17)18/h4-7,10-11,14H,1-3H3/t10-,11-/m1/s1. The van der Waals surface area contributed by atoms with E-state index in [9.17, 15) is 14.9 Å². The van der Waals surface area contributed by atoms with Crippen LogP contribution in [0.1, 0.15) is 32.4 Å². The molecule has 0 bridgehead atoms. The summed E-state index contributed by atoms with van der Waals surface area (Å²) in [5.41, 5.74) is 0.376. The highest BCUT2D eigenvalue weighted by Gasteiger charge is 2.45. The molecule has 2 atom stereocenters. The molecule has 1 N–H and O–H groups in total. The predicted molar refractivity (Wildman–Crippen MR) is 68.6 cm³/mol. The van der Waals surface area contributed by atoms with Gasteiger partial charge in [0.25, 0.3) is 5.69 Å². The van der Waals surface area contributed by atoms with Gasteiger partial charge < -0.3 is 4.74 Å². The first-order chi connectivity index (χ1) is 8.78. The Morgan fingerprint density at radius 1 is 1.32 bits per heavy atom. The molecule has 102 valence electrons. The highest BCUT2D eigenvalue weighted by atomic mass is 16.6. The third kappa shape index (κ3) is 3.29. The summed E-state index contributed by atoms with van der Waals surface area (Å²) in [7, 11) is 0. The van der Waals surface area contributed by atoms with Crippen molar-refractivity contribution in [1.82, 2.24) is 5.32 Å². The molecule has 1 heterocycles. The van der Waals surface area contributed by atoms with Gasteiger partial charge in [-0.1, -0.05) is 12.1 Å². The second-order valence-electron chi connectivity index (χ2n) is 5.50. The number of nitro benzene ring substituents is 1. The van der Waals surface area contributed by atoms with E-state index in [2.05, 4.69) is 5.32 Å². The van der Waals surface area contributed by atoms with Gasteiger partial charge in [-0.2, -0.15) is 0 Å². The minimum atomic E-state index is -0.513. The molecule has 1 aromatic carbocycles. The van der Waals surface area contributed by atoms with Crippen LogP contribution < -0.4 is 5.32 Å². The summed E-state index contributed by atoms with van der Waals surface area (Å²) < 4.78 is 5.27. The fourth-order valence-electron chi connectivity index (χ4n) is 1.80. The lowest BCUT2D eigenvalue weighted by atomic mass is 10.1. The first-order valence-electron chi connectivity index (χ1n) is 6.01. The number of nitrogens with one attached hydrogen (secondary N) is 1. The average Bonchev–Trinajstić information content (AvgIpc) is 3.06. The van der Waals surface area contributed by atoms with Crippen molar-refractivity contribution < 1.29 is 14.5 Å². The number of nitrogens with zero attached hydrogens (tertiary/aromatic N) is 1. The maximum absolute atomic E-state index is 11.8. The lowest BCUT2D eigenvalue weighted by Gasteiger charge is -2.19. The Morgan fingerprint density at radius 2 is 1.89 bits per heavy atom. The van der Waals surface area contributed by atoms with E-state index in [0.29, 0.717) is 0 Å². The first-order valence-corrected chi connectivity index (χ1v) is 6.01. The smallest absolute Gasteiger partial charge is 0.325 e. The minimum absolute atomic E-state index is 0.0400. The van der Waals surface area contributed by atoms with Gasteiger partial charge in [0.15, 0.2) is 0 Å². The van der Waals surface area contributed by atoms with Crippen molar-refractivity contribution >= 4 is 11.7 Å². The molecule has 0 amide bonds. The third-order valence-corrected chi connectivity index (χ3v) is 2.71. The summed E-state index contributed by atoms with van der Waals surface area (Å²) in [4.78, 5) is 21.9. The van der Waals surface area contributed by atoms with Crippen molar-refractivity contribution in [2.45, 2.75) is 38.5 Å². The van der Waals surface area contributed by atoms with Gasteiger partial charge in [0.05, 0.1) is 11.0 Å². The van der Waals surface area contributed by atoms with Crippen LogP contribution in [0.4, 0.5) is 5.69 Å². The monoisotopic (exact) mass is 264 g/mol. The van der Waals surface area contributed by atoms with Crippen LogP contribution in [0.15, 0.2) is 24.3 Å². The second-order valence-corrected chi connectivity index (χ2v) is 5.50. The van der Waals surface area contributed by atoms with Crippen molar-refractivity contribution in [1.29, 1.82) is 0 Å². The predicted octanol–water partition coefficient (Wildman–Crippen LogP) is 1.95. The molecule has 0 spiro atoms. The summed E-state index contributed by atoms with van der Waals surface area (Å²) in [5, 5.41) is 13.6. The Kier molecular flexibility index (Phi) is 3.28. The molecule has 6 nitrogen and oxygen atoms in total. The lowest BCUT2D eigenvalue weighted by Crippen LogP contribution is -2.27. The second kappa shape index (κ2) is 4.62. The van der Waals surface area contributed by atoms with E-state index in [1.807, 2.05) is 20.8 Å². The number of esters is 1. The zero-order valence-electron chi connectivity index (χ0n) is 11.0. The van der Waals surface area contributed by atoms with E-state index in [1.54, 1.807) is 12.1 Å². The third-order valence-electron chi connectivity index (χ3n) is 2.71. The van der Waals surface area contributed by atoms with E-state index < -0.39 is 10.5 Å². The molecule has 19 heavy (non-hydrogen) atoms. The average molecular weight is 264 g/mol. The van der Waals surface area contributed by atoms with Crippen LogP contribution in [0.5, 0.6) is 0 Å². The van der Waals surface area contributed by atoms with E-state index in [0.717, 1.165) is 5.56 Å². The topological polar surface area (TPSA) is 91.4 Å². The van der Waals surface area contributed by atoms with Crippen LogP contribution in [0.3, 0.4) is 0 Å². The van der Waals surface area contributed by atoms with Crippen LogP contribution in [0, 0.1) is 10.1 Å². The fourth-order valence-corrected chi connectivity index (χ4v) is 1.80. The number of hydrogen-bond acceptors (Lipinski definition) is 5. The summed E-state index contributed by atoms with van der Waals surface area (Å²) in [6.45, 7) is 5.44. The first kappa shape index (κ1) is 13.5. The zero-order valence-corrected chi connectivity index (χ0v) is 11.0. The summed E-state index contributed by atoms with van der Waals surface area (Å²) in [6.07, 6.45) is 0. The summed E-state index contributed by atoms with van der Waals surface area (Å²) in [6, 6.07) is 5.69. The largest absolute Gasteiger partial charge is 0.459 e. The normalized spacial score (nSPS) is 21.8. The molecular weight excluding hydrogens is 248 g/mol. The Hall–Kier alpha value is -1.95. The Labute approximate surface area is 110 Å². The van der Waals surface area contributed by atoms with Crippen LogP contribution >= 0.6 is 0 Å². The van der Waals surface area contributed by atoms with Gasteiger partial charge in [-0.25, -0.2) is 0 Å². The summed E-state index contributed by atoms with van der Waals surface area (Å²) >= 11 is 0. The zero-order chi connectivity index (χ0) is 14.2. The van der Waals surface area contributed by atoms with E-state index in [1.165, 1.54) is 12.1 Å². The van der Waals surface area contributed by atoms with Gasteiger partial charge in [0.2, 0.25) is 0 Å². The SMILES string of the molecule is CC(C)(C)OC(=O)[C@@H]1N[C@@H]1c1ccc([N+](=O)[O-])cc1. The van der Waals surface area contributed by atoms with Gasteiger partial charge in [-0.3, -0.25) is 20.2 Å². The van der Waals surface area contributed by atoms with Gasteiger partial charge in [0, 0.05) is 12.1 Å². The number of ether oxygens (including phenoxy) is 1. The maximum atomic E-state index is 11.8. The molecule has 0 aromatic heterocycles. The molecule has 0 saturated carbocycles. The van der Waals surface area contributed by atoms with Gasteiger partial charge >= 0.3 is 5.97 Å². The molecule has 1 fully saturated rings. The maximum Gasteiger partial charge on any atom is 0.325 e. The molecule has 2 rings (SSSR count).